The molecule has 2 rings (SSSR count). The molecule has 7 nitrogen and oxygen atoms in total. The zero-order valence-electron chi connectivity index (χ0n) is 17.7. The molecule has 0 aliphatic carbocycles. The van der Waals surface area contributed by atoms with E-state index in [9.17, 15) is 23.2 Å². The van der Waals surface area contributed by atoms with Gasteiger partial charge in [-0.3, -0.25) is 14.4 Å². The molecule has 2 amide bonds. The number of hydrogen-bond donors (Lipinski definition) is 2. The standard InChI is InChI=1S/C21H27F2N3O4S/c1-12(2)20(21(29)24-10-18(28)30-3)25-16(27)9-14-7-8-17(31)26(14)11-13-5-4-6-15(22)19(13)23/h4-6,12,14,20H,7-11H2,1-3H3,(H,24,29)(H,25,27)/t14-,20-/m0/s1. The van der Waals surface area contributed by atoms with Crippen LogP contribution in [0.3, 0.4) is 0 Å². The first-order valence-electron chi connectivity index (χ1n) is 10.00. The number of nitrogens with one attached hydrogen (secondary N) is 2. The minimum absolute atomic E-state index is 0.0462. The summed E-state index contributed by atoms with van der Waals surface area (Å²) in [7, 11) is 1.21. The topological polar surface area (TPSA) is 87.7 Å². The van der Waals surface area contributed by atoms with Crippen molar-refractivity contribution in [3.8, 4) is 0 Å². The molecule has 1 aliphatic rings. The summed E-state index contributed by atoms with van der Waals surface area (Å²) in [5.74, 6) is -3.54. The maximum Gasteiger partial charge on any atom is 0.325 e. The molecule has 2 N–H and O–H groups in total. The van der Waals surface area contributed by atoms with Crippen LogP contribution in [0.5, 0.6) is 0 Å². The molecule has 1 aliphatic heterocycles. The van der Waals surface area contributed by atoms with E-state index in [0.29, 0.717) is 17.8 Å². The van der Waals surface area contributed by atoms with Gasteiger partial charge >= 0.3 is 5.97 Å². The molecule has 0 aromatic heterocycles. The monoisotopic (exact) mass is 455 g/mol. The van der Waals surface area contributed by atoms with Crippen molar-refractivity contribution in [2.24, 2.45) is 5.92 Å². The van der Waals surface area contributed by atoms with E-state index in [4.69, 9.17) is 12.2 Å². The molecular weight excluding hydrogens is 428 g/mol. The minimum atomic E-state index is -0.936. The number of thiocarbonyl (C=S) groups is 1. The van der Waals surface area contributed by atoms with Gasteiger partial charge in [0.05, 0.1) is 12.1 Å². The molecule has 10 heteroatoms. The molecule has 0 unspecified atom stereocenters. The van der Waals surface area contributed by atoms with Crippen LogP contribution in [0.2, 0.25) is 0 Å². The third-order valence-corrected chi connectivity index (χ3v) is 5.58. The van der Waals surface area contributed by atoms with E-state index >= 15 is 0 Å². The van der Waals surface area contributed by atoms with Gasteiger partial charge in [0, 0.05) is 24.6 Å². The Morgan fingerprint density at radius 1 is 1.29 bits per heavy atom. The fourth-order valence-electron chi connectivity index (χ4n) is 3.40. The van der Waals surface area contributed by atoms with Crippen molar-refractivity contribution in [1.82, 2.24) is 15.5 Å². The molecule has 0 spiro atoms. The van der Waals surface area contributed by atoms with Gasteiger partial charge in [-0.2, -0.15) is 0 Å². The largest absolute Gasteiger partial charge is 0.468 e. The maximum absolute atomic E-state index is 14.1. The number of amides is 2. The van der Waals surface area contributed by atoms with Crippen LogP contribution in [0, 0.1) is 17.6 Å². The highest BCUT2D eigenvalue weighted by Gasteiger charge is 2.32. The van der Waals surface area contributed by atoms with Gasteiger partial charge in [0.15, 0.2) is 11.6 Å². The molecule has 0 bridgehead atoms. The number of halogens is 2. The van der Waals surface area contributed by atoms with Crippen LogP contribution in [0.4, 0.5) is 8.78 Å². The average Bonchev–Trinajstić information content (AvgIpc) is 3.06. The van der Waals surface area contributed by atoms with Gasteiger partial charge in [0.1, 0.15) is 12.6 Å². The lowest BCUT2D eigenvalue weighted by molar-refractivity contribution is -0.141. The number of rotatable bonds is 9. The van der Waals surface area contributed by atoms with Gasteiger partial charge < -0.3 is 20.3 Å². The average molecular weight is 456 g/mol. The predicted molar refractivity (Wildman–Crippen MR) is 114 cm³/mol. The Balaban J connectivity index is 2.01. The highest BCUT2D eigenvalue weighted by molar-refractivity contribution is 7.80. The first-order chi connectivity index (χ1) is 14.6. The Labute approximate surface area is 185 Å². The van der Waals surface area contributed by atoms with E-state index in [1.807, 2.05) is 0 Å². The Hall–Kier alpha value is -2.62. The van der Waals surface area contributed by atoms with Gasteiger partial charge in [-0.1, -0.05) is 38.2 Å². The number of likely N-dealkylation sites (tertiary alicyclic amines) is 1. The fourth-order valence-corrected chi connectivity index (χ4v) is 3.73. The van der Waals surface area contributed by atoms with Crippen LogP contribution in [-0.2, 0) is 25.7 Å². The maximum atomic E-state index is 14.1. The van der Waals surface area contributed by atoms with Gasteiger partial charge in [-0.05, 0) is 24.8 Å². The molecule has 0 radical (unpaired) electrons. The Morgan fingerprint density at radius 2 is 2.00 bits per heavy atom. The molecular formula is C21H27F2N3O4S. The Kier molecular flexibility index (Phi) is 8.85. The summed E-state index contributed by atoms with van der Waals surface area (Å²) in [4.78, 5) is 38.6. The zero-order chi connectivity index (χ0) is 23.1. The summed E-state index contributed by atoms with van der Waals surface area (Å²) in [5, 5.41) is 5.13. The summed E-state index contributed by atoms with van der Waals surface area (Å²) in [5.41, 5.74) is 0.164. The lowest BCUT2D eigenvalue weighted by Gasteiger charge is -2.28. The first-order valence-corrected chi connectivity index (χ1v) is 10.4. The number of hydrogen-bond acceptors (Lipinski definition) is 5. The van der Waals surface area contributed by atoms with Crippen molar-refractivity contribution in [3.63, 3.8) is 0 Å². The van der Waals surface area contributed by atoms with Crippen LogP contribution in [0.25, 0.3) is 0 Å². The normalized spacial score (nSPS) is 16.9. The first kappa shape index (κ1) is 24.6. The van der Waals surface area contributed by atoms with Gasteiger partial charge in [0.25, 0.3) is 0 Å². The lowest BCUT2D eigenvalue weighted by atomic mass is 10.0. The number of carbonyl (C=O) groups excluding carboxylic acids is 3. The smallest absolute Gasteiger partial charge is 0.325 e. The minimum Gasteiger partial charge on any atom is -0.468 e. The molecule has 1 aromatic rings. The summed E-state index contributed by atoms with van der Waals surface area (Å²) < 4.78 is 32.1. The molecule has 1 fully saturated rings. The Bertz CT molecular complexity index is 850. The fraction of sp³-hybridized carbons (Fsp3) is 0.524. The number of benzene rings is 1. The number of carbonyl (C=O) groups is 3. The van der Waals surface area contributed by atoms with Gasteiger partial charge in [-0.15, -0.1) is 0 Å². The zero-order valence-corrected chi connectivity index (χ0v) is 18.6. The van der Waals surface area contributed by atoms with Crippen molar-refractivity contribution in [3.05, 3.63) is 35.4 Å². The molecule has 2 atom stereocenters. The van der Waals surface area contributed by atoms with Gasteiger partial charge in [0.2, 0.25) is 11.8 Å². The third kappa shape index (κ3) is 6.68. The Morgan fingerprint density at radius 3 is 2.65 bits per heavy atom. The van der Waals surface area contributed by atoms with Crippen LogP contribution >= 0.6 is 12.2 Å². The molecule has 1 heterocycles. The number of ether oxygens (including phenoxy) is 1. The predicted octanol–water partition coefficient (Wildman–Crippen LogP) is 2.08. The van der Waals surface area contributed by atoms with E-state index in [-0.39, 0.29) is 42.9 Å². The molecule has 0 saturated carbocycles. The van der Waals surface area contributed by atoms with Crippen LogP contribution < -0.4 is 10.6 Å². The van der Waals surface area contributed by atoms with Crippen LogP contribution in [-0.4, -0.2) is 53.4 Å². The highest BCUT2D eigenvalue weighted by atomic mass is 32.1. The number of esters is 1. The van der Waals surface area contributed by atoms with Crippen molar-refractivity contribution < 1.29 is 27.9 Å². The van der Waals surface area contributed by atoms with E-state index in [0.717, 1.165) is 6.07 Å². The van der Waals surface area contributed by atoms with E-state index < -0.39 is 29.6 Å². The molecule has 170 valence electrons. The van der Waals surface area contributed by atoms with E-state index in [1.54, 1.807) is 18.7 Å². The van der Waals surface area contributed by atoms with E-state index in [1.165, 1.54) is 19.2 Å². The number of methoxy groups -OCH3 is 1. The molecule has 1 aromatic carbocycles. The highest BCUT2D eigenvalue weighted by Crippen LogP contribution is 2.26. The summed E-state index contributed by atoms with van der Waals surface area (Å²) in [6.07, 6.45) is 1.21. The van der Waals surface area contributed by atoms with Gasteiger partial charge in [-0.25, -0.2) is 8.78 Å². The van der Waals surface area contributed by atoms with Crippen molar-refractivity contribution in [1.29, 1.82) is 0 Å². The summed E-state index contributed by atoms with van der Waals surface area (Å²) >= 11 is 5.36. The van der Waals surface area contributed by atoms with Crippen molar-refractivity contribution in [2.45, 2.75) is 51.7 Å². The van der Waals surface area contributed by atoms with Crippen molar-refractivity contribution >= 4 is 35.0 Å². The SMILES string of the molecule is COC(=O)CNC(=O)[C@@H](NC(=O)C[C@@H]1CCC(=S)N1Cc1cccc(F)c1F)C(C)C. The van der Waals surface area contributed by atoms with Crippen molar-refractivity contribution in [2.75, 3.05) is 13.7 Å². The second-order valence-corrected chi connectivity index (χ2v) is 8.19. The number of nitrogens with zero attached hydrogens (tertiary/aromatic N) is 1. The lowest BCUT2D eigenvalue weighted by Crippen LogP contribution is -2.51. The van der Waals surface area contributed by atoms with Crippen LogP contribution in [0.15, 0.2) is 18.2 Å². The summed E-state index contributed by atoms with van der Waals surface area (Å²) in [6, 6.07) is 2.83. The molecule has 31 heavy (non-hydrogen) atoms. The van der Waals surface area contributed by atoms with E-state index in [2.05, 4.69) is 15.4 Å². The third-order valence-electron chi connectivity index (χ3n) is 5.15. The second-order valence-electron chi connectivity index (χ2n) is 7.71. The second kappa shape index (κ2) is 11.1. The van der Waals surface area contributed by atoms with Crippen LogP contribution in [0.1, 0.15) is 38.7 Å². The summed E-state index contributed by atoms with van der Waals surface area (Å²) in [6.45, 7) is 3.31. The molecule has 1 saturated heterocycles. The quantitative estimate of drug-likeness (QED) is 0.438.